The average Bonchev–Trinajstić information content (AvgIpc) is 2.75. The van der Waals surface area contributed by atoms with Gasteiger partial charge in [-0.25, -0.2) is 8.42 Å². The first-order valence-electron chi connectivity index (χ1n) is 11.6. The molecule has 6 nitrogen and oxygen atoms in total. The highest BCUT2D eigenvalue weighted by atomic mass is 32.2. The molecule has 0 aromatic heterocycles. The number of aryl methyl sites for hydroxylation is 1. The Morgan fingerprint density at radius 1 is 0.906 bits per heavy atom. The summed E-state index contributed by atoms with van der Waals surface area (Å²) in [5, 5.41) is 0. The van der Waals surface area contributed by atoms with E-state index in [4.69, 9.17) is 0 Å². The molecule has 2 aromatic rings. The highest BCUT2D eigenvalue weighted by molar-refractivity contribution is 7.88. The van der Waals surface area contributed by atoms with Crippen LogP contribution in [0.1, 0.15) is 25.0 Å². The van der Waals surface area contributed by atoms with Gasteiger partial charge in [0.1, 0.15) is 0 Å². The molecule has 174 valence electrons. The van der Waals surface area contributed by atoms with Crippen LogP contribution in [-0.4, -0.2) is 75.2 Å². The SMILES string of the molecule is Cc1cc(N2CCN(S(C)(=O)=O)C[C@H]2C)ccc1N1CCN(Cc2ccccc2)[C@@H](C)C1. The van der Waals surface area contributed by atoms with Gasteiger partial charge in [-0.05, 0) is 50.1 Å². The average molecular weight is 457 g/mol. The van der Waals surface area contributed by atoms with Crippen molar-refractivity contribution in [1.29, 1.82) is 0 Å². The third kappa shape index (κ3) is 5.11. The number of sulfonamides is 1. The second-order valence-corrected chi connectivity index (χ2v) is 11.4. The largest absolute Gasteiger partial charge is 0.368 e. The summed E-state index contributed by atoms with van der Waals surface area (Å²) in [6, 6.07) is 18.1. The molecule has 2 heterocycles. The molecular formula is C25H36N4O2S. The number of hydrogen-bond acceptors (Lipinski definition) is 5. The van der Waals surface area contributed by atoms with Gasteiger partial charge in [-0.1, -0.05) is 30.3 Å². The van der Waals surface area contributed by atoms with Gasteiger partial charge in [0.05, 0.1) is 6.26 Å². The summed E-state index contributed by atoms with van der Waals surface area (Å²) in [4.78, 5) is 7.41. The van der Waals surface area contributed by atoms with Crippen LogP contribution in [0.2, 0.25) is 0 Å². The van der Waals surface area contributed by atoms with Crippen molar-refractivity contribution in [2.45, 2.75) is 39.4 Å². The summed E-state index contributed by atoms with van der Waals surface area (Å²) in [6.07, 6.45) is 1.30. The summed E-state index contributed by atoms with van der Waals surface area (Å²) in [7, 11) is -3.13. The molecule has 2 fully saturated rings. The van der Waals surface area contributed by atoms with Gasteiger partial charge in [0.15, 0.2) is 0 Å². The van der Waals surface area contributed by atoms with Gasteiger partial charge in [-0.15, -0.1) is 0 Å². The van der Waals surface area contributed by atoms with Crippen LogP contribution in [0.3, 0.4) is 0 Å². The second kappa shape index (κ2) is 9.41. The zero-order valence-electron chi connectivity index (χ0n) is 19.7. The molecule has 0 N–H and O–H groups in total. The Morgan fingerprint density at radius 3 is 2.28 bits per heavy atom. The maximum atomic E-state index is 11.9. The van der Waals surface area contributed by atoms with Gasteiger partial charge in [-0.3, -0.25) is 4.90 Å². The molecule has 4 rings (SSSR count). The molecule has 2 aromatic carbocycles. The Bertz CT molecular complexity index is 1030. The van der Waals surface area contributed by atoms with Gasteiger partial charge >= 0.3 is 0 Å². The highest BCUT2D eigenvalue weighted by Gasteiger charge is 2.29. The minimum absolute atomic E-state index is 0.158. The van der Waals surface area contributed by atoms with E-state index in [-0.39, 0.29) is 6.04 Å². The minimum Gasteiger partial charge on any atom is -0.368 e. The van der Waals surface area contributed by atoms with Crippen molar-refractivity contribution < 1.29 is 8.42 Å². The number of rotatable bonds is 5. The second-order valence-electron chi connectivity index (χ2n) is 9.39. The lowest BCUT2D eigenvalue weighted by atomic mass is 10.1. The van der Waals surface area contributed by atoms with Crippen LogP contribution < -0.4 is 9.80 Å². The first-order chi connectivity index (χ1) is 15.2. The fraction of sp³-hybridized carbons (Fsp3) is 0.520. The van der Waals surface area contributed by atoms with E-state index >= 15 is 0 Å². The Morgan fingerprint density at radius 2 is 1.66 bits per heavy atom. The van der Waals surface area contributed by atoms with Crippen LogP contribution in [0, 0.1) is 6.92 Å². The maximum absolute atomic E-state index is 11.9. The molecular weight excluding hydrogens is 420 g/mol. The summed E-state index contributed by atoms with van der Waals surface area (Å²) >= 11 is 0. The van der Waals surface area contributed by atoms with Gasteiger partial charge < -0.3 is 9.80 Å². The van der Waals surface area contributed by atoms with Crippen LogP contribution in [0.5, 0.6) is 0 Å². The molecule has 2 atom stereocenters. The normalized spacial score (nSPS) is 23.5. The van der Waals surface area contributed by atoms with Crippen molar-refractivity contribution in [1.82, 2.24) is 9.21 Å². The predicted molar refractivity (Wildman–Crippen MR) is 133 cm³/mol. The Balaban J connectivity index is 1.41. The number of piperazine rings is 2. The molecule has 0 unspecified atom stereocenters. The van der Waals surface area contributed by atoms with E-state index in [0.717, 1.165) is 32.7 Å². The standard InChI is InChI=1S/C25H36N4O2S/c1-20-16-24(29-15-14-28(18-22(29)3)32(4,30)31)10-11-25(20)27-13-12-26(21(2)17-27)19-23-8-6-5-7-9-23/h5-11,16,21-22H,12-15,17-19H2,1-4H3/t21-,22+/m0/s1. The Kier molecular flexibility index (Phi) is 6.79. The monoisotopic (exact) mass is 456 g/mol. The summed E-state index contributed by atoms with van der Waals surface area (Å²) in [6.45, 7) is 12.5. The molecule has 2 saturated heterocycles. The fourth-order valence-electron chi connectivity index (χ4n) is 5.05. The number of anilines is 2. The molecule has 32 heavy (non-hydrogen) atoms. The summed E-state index contributed by atoms with van der Waals surface area (Å²) in [5.74, 6) is 0. The zero-order chi connectivity index (χ0) is 22.9. The molecule has 2 aliphatic heterocycles. The van der Waals surface area contributed by atoms with Crippen molar-refractivity contribution in [2.24, 2.45) is 0 Å². The van der Waals surface area contributed by atoms with Crippen LogP contribution in [0.15, 0.2) is 48.5 Å². The van der Waals surface area contributed by atoms with Crippen molar-refractivity contribution in [2.75, 3.05) is 55.3 Å². The first-order valence-corrected chi connectivity index (χ1v) is 13.4. The molecule has 0 aliphatic carbocycles. The molecule has 0 radical (unpaired) electrons. The molecule has 0 saturated carbocycles. The van der Waals surface area contributed by atoms with E-state index in [0.29, 0.717) is 19.1 Å². The van der Waals surface area contributed by atoms with Crippen LogP contribution in [0.25, 0.3) is 0 Å². The van der Waals surface area contributed by atoms with Crippen molar-refractivity contribution in [3.05, 3.63) is 59.7 Å². The van der Waals surface area contributed by atoms with Gasteiger partial charge in [0.2, 0.25) is 10.0 Å². The summed E-state index contributed by atoms with van der Waals surface area (Å²) in [5.41, 5.74) is 5.15. The van der Waals surface area contributed by atoms with Crippen LogP contribution in [-0.2, 0) is 16.6 Å². The molecule has 0 bridgehead atoms. The van der Waals surface area contributed by atoms with Gasteiger partial charge in [0, 0.05) is 69.3 Å². The fourth-order valence-corrected chi connectivity index (χ4v) is 5.95. The molecule has 0 amide bonds. The van der Waals surface area contributed by atoms with Crippen molar-refractivity contribution >= 4 is 21.4 Å². The number of hydrogen-bond donors (Lipinski definition) is 0. The van der Waals surface area contributed by atoms with Crippen molar-refractivity contribution in [3.8, 4) is 0 Å². The van der Waals surface area contributed by atoms with E-state index in [1.165, 1.54) is 28.8 Å². The van der Waals surface area contributed by atoms with Gasteiger partial charge in [0.25, 0.3) is 0 Å². The minimum atomic E-state index is -3.13. The lowest BCUT2D eigenvalue weighted by molar-refractivity contribution is 0.181. The van der Waals surface area contributed by atoms with E-state index in [9.17, 15) is 8.42 Å². The third-order valence-electron chi connectivity index (χ3n) is 6.91. The predicted octanol–water partition coefficient (Wildman–Crippen LogP) is 3.18. The maximum Gasteiger partial charge on any atom is 0.211 e. The smallest absolute Gasteiger partial charge is 0.211 e. The molecule has 7 heteroatoms. The Hall–Kier alpha value is -2.09. The van der Waals surface area contributed by atoms with Crippen LogP contribution in [0.4, 0.5) is 11.4 Å². The number of nitrogens with zero attached hydrogens (tertiary/aromatic N) is 4. The summed E-state index contributed by atoms with van der Waals surface area (Å²) < 4.78 is 25.4. The zero-order valence-corrected chi connectivity index (χ0v) is 20.6. The number of benzene rings is 2. The van der Waals surface area contributed by atoms with E-state index in [1.807, 2.05) is 0 Å². The third-order valence-corrected chi connectivity index (χ3v) is 8.18. The van der Waals surface area contributed by atoms with E-state index in [2.05, 4.69) is 84.0 Å². The lowest BCUT2D eigenvalue weighted by Crippen LogP contribution is -2.53. The van der Waals surface area contributed by atoms with Crippen molar-refractivity contribution in [3.63, 3.8) is 0 Å². The van der Waals surface area contributed by atoms with Gasteiger partial charge in [-0.2, -0.15) is 4.31 Å². The van der Waals surface area contributed by atoms with Crippen LogP contribution >= 0.6 is 0 Å². The van der Waals surface area contributed by atoms with E-state index < -0.39 is 10.0 Å². The molecule has 2 aliphatic rings. The quantitative estimate of drug-likeness (QED) is 0.692. The lowest BCUT2D eigenvalue weighted by Gasteiger charge is -2.42. The highest BCUT2D eigenvalue weighted by Crippen LogP contribution is 2.30. The van der Waals surface area contributed by atoms with E-state index in [1.54, 1.807) is 4.31 Å². The molecule has 0 spiro atoms. The Labute approximate surface area is 193 Å². The topological polar surface area (TPSA) is 47.1 Å². The first kappa shape index (κ1) is 23.1.